The molecule has 2 saturated heterocycles. The molecule has 7 nitrogen and oxygen atoms in total. The van der Waals surface area contributed by atoms with Gasteiger partial charge in [0.15, 0.2) is 0 Å². The van der Waals surface area contributed by atoms with Crippen LogP contribution in [0.2, 0.25) is 0 Å². The summed E-state index contributed by atoms with van der Waals surface area (Å²) in [7, 11) is -3.58. The van der Waals surface area contributed by atoms with Crippen molar-refractivity contribution in [1.29, 1.82) is 0 Å². The average Bonchev–Trinajstić information content (AvgIpc) is 2.99. The predicted molar refractivity (Wildman–Crippen MR) is 101 cm³/mol. The van der Waals surface area contributed by atoms with Crippen LogP contribution in [0.15, 0.2) is 34.2 Å². The quantitative estimate of drug-likeness (QED) is 0.774. The zero-order valence-electron chi connectivity index (χ0n) is 14.5. The highest BCUT2D eigenvalue weighted by Gasteiger charge is 2.40. The van der Waals surface area contributed by atoms with Gasteiger partial charge >= 0.3 is 0 Å². The number of amides is 1. The second kappa shape index (κ2) is 7.17. The van der Waals surface area contributed by atoms with Crippen molar-refractivity contribution in [3.05, 3.63) is 29.8 Å². The summed E-state index contributed by atoms with van der Waals surface area (Å²) in [5.74, 6) is 0.240. The molecule has 26 heavy (non-hydrogen) atoms. The summed E-state index contributed by atoms with van der Waals surface area (Å²) in [5.41, 5.74) is 0.530. The summed E-state index contributed by atoms with van der Waals surface area (Å²) < 4.78 is 26.8. The fourth-order valence-corrected chi connectivity index (χ4v) is 5.28. The minimum Gasteiger partial charge on any atom is -0.334 e. The van der Waals surface area contributed by atoms with Crippen LogP contribution in [0.3, 0.4) is 0 Å². The number of nitrogens with one attached hydrogen (secondary N) is 2. The number of hydrogen-bond acceptors (Lipinski definition) is 5. The predicted octanol–water partition coefficient (Wildman–Crippen LogP) is 0.888. The number of carbonyl (C=O) groups is 1. The third-order valence-electron chi connectivity index (χ3n) is 5.25. The Balaban J connectivity index is 0.00000196. The van der Waals surface area contributed by atoms with Crippen LogP contribution in [0.25, 0.3) is 0 Å². The van der Waals surface area contributed by atoms with Crippen LogP contribution in [0, 0.1) is 0 Å². The molecule has 142 valence electrons. The molecule has 2 bridgehead atoms. The van der Waals surface area contributed by atoms with Crippen molar-refractivity contribution in [3.8, 4) is 0 Å². The molecule has 3 unspecified atom stereocenters. The lowest BCUT2D eigenvalue weighted by molar-refractivity contribution is -0.134. The van der Waals surface area contributed by atoms with Gasteiger partial charge in [0.05, 0.1) is 4.90 Å². The molecular weight excluding hydrogens is 376 g/mol. The van der Waals surface area contributed by atoms with Crippen molar-refractivity contribution in [3.63, 3.8) is 0 Å². The molecule has 4 rings (SSSR count). The standard InChI is InChI=1S/C17H22N4O3S.ClH/c1-11(17(22)21-12-6-7-13(21)10-18-9-8-12)19-16-14-4-2-3-5-15(14)25(23,24)20-16;/h2-5,11-13,18H,6-10H2,1H3,(H,19,20);1H. The van der Waals surface area contributed by atoms with Crippen LogP contribution in [0.1, 0.15) is 31.7 Å². The summed E-state index contributed by atoms with van der Waals surface area (Å²) in [6.07, 6.45) is 3.01. The van der Waals surface area contributed by atoms with Gasteiger partial charge in [-0.2, -0.15) is 0 Å². The van der Waals surface area contributed by atoms with Gasteiger partial charge in [-0.25, -0.2) is 8.42 Å². The lowest BCUT2D eigenvalue weighted by Crippen LogP contribution is -2.46. The SMILES string of the molecule is CC(N=C1NS(=O)(=O)c2ccccc21)C(=O)N1C2CCNCC1CC2.Cl. The fourth-order valence-electron chi connectivity index (χ4n) is 4.04. The van der Waals surface area contributed by atoms with E-state index in [1.165, 1.54) is 0 Å². The first-order valence-electron chi connectivity index (χ1n) is 8.70. The molecule has 3 aliphatic rings. The van der Waals surface area contributed by atoms with E-state index in [1.54, 1.807) is 31.2 Å². The Morgan fingerprint density at radius 1 is 1.23 bits per heavy atom. The molecule has 3 heterocycles. The highest BCUT2D eigenvalue weighted by atomic mass is 35.5. The average molecular weight is 399 g/mol. The minimum absolute atomic E-state index is 0. The van der Waals surface area contributed by atoms with E-state index in [0.717, 1.165) is 32.4 Å². The topological polar surface area (TPSA) is 90.9 Å². The fraction of sp³-hybridized carbons (Fsp3) is 0.529. The highest BCUT2D eigenvalue weighted by Crippen LogP contribution is 2.29. The van der Waals surface area contributed by atoms with Crippen molar-refractivity contribution >= 4 is 34.2 Å². The molecule has 0 saturated carbocycles. The van der Waals surface area contributed by atoms with Crippen molar-refractivity contribution in [1.82, 2.24) is 14.9 Å². The summed E-state index contributed by atoms with van der Waals surface area (Å²) in [4.78, 5) is 19.6. The number of rotatable bonds is 2. The lowest BCUT2D eigenvalue weighted by Gasteiger charge is -2.29. The molecular formula is C17H23ClN4O3S. The van der Waals surface area contributed by atoms with Crippen LogP contribution in [-0.2, 0) is 14.8 Å². The van der Waals surface area contributed by atoms with Gasteiger partial charge in [0, 0.05) is 24.2 Å². The Hall–Kier alpha value is -1.64. The number of hydrogen-bond donors (Lipinski definition) is 2. The number of halogens is 1. The first kappa shape index (κ1) is 19.1. The van der Waals surface area contributed by atoms with Crippen LogP contribution in [-0.4, -0.2) is 56.3 Å². The van der Waals surface area contributed by atoms with E-state index in [1.807, 2.05) is 4.90 Å². The number of amidine groups is 1. The van der Waals surface area contributed by atoms with E-state index in [9.17, 15) is 13.2 Å². The molecule has 1 amide bonds. The molecule has 0 radical (unpaired) electrons. The van der Waals surface area contributed by atoms with Crippen molar-refractivity contribution in [2.24, 2.45) is 4.99 Å². The molecule has 0 spiro atoms. The van der Waals surface area contributed by atoms with Gasteiger partial charge in [-0.1, -0.05) is 12.1 Å². The molecule has 2 fully saturated rings. The van der Waals surface area contributed by atoms with E-state index in [-0.39, 0.29) is 41.1 Å². The first-order chi connectivity index (χ1) is 12.0. The zero-order valence-corrected chi connectivity index (χ0v) is 16.1. The number of aliphatic imine (C=N–C) groups is 1. The lowest BCUT2D eigenvalue weighted by atomic mass is 10.1. The number of benzene rings is 1. The molecule has 9 heteroatoms. The monoisotopic (exact) mass is 398 g/mol. The van der Waals surface area contributed by atoms with Gasteiger partial charge in [-0.3, -0.25) is 14.5 Å². The Kier molecular flexibility index (Phi) is 5.28. The van der Waals surface area contributed by atoms with Crippen molar-refractivity contribution in [2.75, 3.05) is 13.1 Å². The largest absolute Gasteiger partial charge is 0.334 e. The van der Waals surface area contributed by atoms with Gasteiger partial charge in [0.1, 0.15) is 11.9 Å². The smallest absolute Gasteiger partial charge is 0.263 e. The second-order valence-electron chi connectivity index (χ2n) is 6.88. The van der Waals surface area contributed by atoms with Crippen molar-refractivity contribution in [2.45, 2.75) is 49.2 Å². The summed E-state index contributed by atoms with van der Waals surface area (Å²) in [6, 6.07) is 6.57. The Labute approximate surface area is 159 Å². The van der Waals surface area contributed by atoms with Gasteiger partial charge in [-0.15, -0.1) is 12.4 Å². The molecule has 0 aliphatic carbocycles. The number of carbonyl (C=O) groups excluding carboxylic acids is 1. The molecule has 0 aromatic heterocycles. The molecule has 3 aliphatic heterocycles. The van der Waals surface area contributed by atoms with Gasteiger partial charge in [0.25, 0.3) is 10.0 Å². The maximum Gasteiger partial charge on any atom is 0.263 e. The van der Waals surface area contributed by atoms with Crippen LogP contribution in [0.4, 0.5) is 0 Å². The summed E-state index contributed by atoms with van der Waals surface area (Å²) in [6.45, 7) is 3.49. The number of nitrogens with zero attached hydrogens (tertiary/aromatic N) is 2. The van der Waals surface area contributed by atoms with Gasteiger partial charge in [-0.05, 0) is 44.9 Å². The normalized spacial score (nSPS) is 28.7. The maximum atomic E-state index is 13.0. The Morgan fingerprint density at radius 3 is 2.77 bits per heavy atom. The number of sulfonamides is 1. The van der Waals surface area contributed by atoms with E-state index in [2.05, 4.69) is 15.0 Å². The second-order valence-corrected chi connectivity index (χ2v) is 8.53. The minimum atomic E-state index is -3.58. The van der Waals surface area contributed by atoms with Crippen LogP contribution >= 0.6 is 12.4 Å². The molecule has 3 atom stereocenters. The van der Waals surface area contributed by atoms with E-state index in [0.29, 0.717) is 5.56 Å². The molecule has 2 N–H and O–H groups in total. The van der Waals surface area contributed by atoms with E-state index < -0.39 is 16.1 Å². The molecule has 1 aromatic carbocycles. The van der Waals surface area contributed by atoms with Gasteiger partial charge < -0.3 is 10.2 Å². The molecule has 1 aromatic rings. The Bertz CT molecular complexity index is 828. The first-order valence-corrected chi connectivity index (χ1v) is 10.2. The highest BCUT2D eigenvalue weighted by molar-refractivity contribution is 7.90. The zero-order chi connectivity index (χ0) is 17.6. The van der Waals surface area contributed by atoms with Crippen molar-refractivity contribution < 1.29 is 13.2 Å². The third kappa shape index (κ3) is 3.21. The van der Waals surface area contributed by atoms with E-state index >= 15 is 0 Å². The van der Waals surface area contributed by atoms with Crippen LogP contribution in [0.5, 0.6) is 0 Å². The summed E-state index contributed by atoms with van der Waals surface area (Å²) in [5, 5.41) is 3.38. The summed E-state index contributed by atoms with van der Waals surface area (Å²) >= 11 is 0. The van der Waals surface area contributed by atoms with Gasteiger partial charge in [0.2, 0.25) is 5.91 Å². The van der Waals surface area contributed by atoms with Crippen LogP contribution < -0.4 is 10.0 Å². The Morgan fingerprint density at radius 2 is 1.96 bits per heavy atom. The number of fused-ring (bicyclic) bond motifs is 3. The van der Waals surface area contributed by atoms with E-state index in [4.69, 9.17) is 0 Å². The third-order valence-corrected chi connectivity index (χ3v) is 6.65. The maximum absolute atomic E-state index is 13.0.